The first-order valence-corrected chi connectivity index (χ1v) is 8.70. The van der Waals surface area contributed by atoms with Crippen LogP contribution in [-0.2, 0) is 4.74 Å². The quantitative estimate of drug-likeness (QED) is 0.426. The topological polar surface area (TPSA) is 48.9 Å². The summed E-state index contributed by atoms with van der Waals surface area (Å²) in [5, 5.41) is 6.92. The number of ether oxygens (including phenoxy) is 1. The molecule has 0 aromatic heterocycles. The molecule has 1 unspecified atom stereocenters. The second-order valence-corrected chi connectivity index (χ2v) is 6.02. The van der Waals surface area contributed by atoms with E-state index < -0.39 is 0 Å². The molecular formula is C16H32N4O. The predicted octanol–water partition coefficient (Wildman–Crippen LogP) is 1.59. The minimum Gasteiger partial charge on any atom is -0.380 e. The van der Waals surface area contributed by atoms with Crippen molar-refractivity contribution in [2.45, 2.75) is 58.0 Å². The van der Waals surface area contributed by atoms with Crippen LogP contribution >= 0.6 is 0 Å². The van der Waals surface area contributed by atoms with Gasteiger partial charge in [0.1, 0.15) is 0 Å². The lowest BCUT2D eigenvalue weighted by molar-refractivity contribution is 0.155. The van der Waals surface area contributed by atoms with E-state index in [0.29, 0.717) is 12.6 Å². The van der Waals surface area contributed by atoms with E-state index in [1.807, 2.05) is 6.92 Å². The SMILES string of the molecule is CCNC(=NCCOCC)NC1CCN(C2CCCC2)C1. The fraction of sp³-hybridized carbons (Fsp3) is 0.938. The molecule has 2 N–H and O–H groups in total. The molecular weight excluding hydrogens is 264 g/mol. The van der Waals surface area contributed by atoms with Crippen LogP contribution in [0.1, 0.15) is 46.0 Å². The van der Waals surface area contributed by atoms with Gasteiger partial charge in [-0.05, 0) is 33.1 Å². The lowest BCUT2D eigenvalue weighted by Crippen LogP contribution is -2.45. The van der Waals surface area contributed by atoms with Gasteiger partial charge in [0, 0.05) is 38.3 Å². The van der Waals surface area contributed by atoms with Crippen LogP contribution < -0.4 is 10.6 Å². The zero-order valence-corrected chi connectivity index (χ0v) is 13.7. The highest BCUT2D eigenvalue weighted by Crippen LogP contribution is 2.26. The molecule has 0 bridgehead atoms. The normalized spacial score (nSPS) is 24.7. The van der Waals surface area contributed by atoms with Crippen molar-refractivity contribution in [1.82, 2.24) is 15.5 Å². The highest BCUT2D eigenvalue weighted by molar-refractivity contribution is 5.80. The highest BCUT2D eigenvalue weighted by Gasteiger charge is 2.30. The van der Waals surface area contributed by atoms with Crippen LogP contribution in [0.5, 0.6) is 0 Å². The lowest BCUT2D eigenvalue weighted by atomic mass is 10.2. The Hall–Kier alpha value is -0.810. The van der Waals surface area contributed by atoms with Crippen LogP contribution in [0.3, 0.4) is 0 Å². The van der Waals surface area contributed by atoms with Crippen LogP contribution in [0.25, 0.3) is 0 Å². The average Bonchev–Trinajstić information content (AvgIpc) is 3.14. The summed E-state index contributed by atoms with van der Waals surface area (Å²) in [6.07, 6.45) is 6.86. The first kappa shape index (κ1) is 16.6. The number of rotatable bonds is 7. The first-order chi connectivity index (χ1) is 10.3. The summed E-state index contributed by atoms with van der Waals surface area (Å²) in [6, 6.07) is 1.38. The molecule has 1 saturated carbocycles. The van der Waals surface area contributed by atoms with Gasteiger partial charge in [0.25, 0.3) is 0 Å². The molecule has 0 aromatic rings. The van der Waals surface area contributed by atoms with Crippen molar-refractivity contribution in [2.75, 3.05) is 39.4 Å². The summed E-state index contributed by atoms with van der Waals surface area (Å²) >= 11 is 0. The molecule has 21 heavy (non-hydrogen) atoms. The van der Waals surface area contributed by atoms with E-state index in [4.69, 9.17) is 4.74 Å². The largest absolute Gasteiger partial charge is 0.380 e. The molecule has 2 rings (SSSR count). The Kier molecular flexibility index (Phi) is 7.30. The van der Waals surface area contributed by atoms with E-state index in [2.05, 4.69) is 27.4 Å². The molecule has 2 fully saturated rings. The third-order valence-electron chi connectivity index (χ3n) is 4.46. The summed E-state index contributed by atoms with van der Waals surface area (Å²) in [5.41, 5.74) is 0. The van der Waals surface area contributed by atoms with Gasteiger partial charge in [-0.15, -0.1) is 0 Å². The Labute approximate surface area is 129 Å². The van der Waals surface area contributed by atoms with Gasteiger partial charge < -0.3 is 15.4 Å². The Morgan fingerprint density at radius 3 is 2.76 bits per heavy atom. The van der Waals surface area contributed by atoms with E-state index in [1.54, 1.807) is 0 Å². The average molecular weight is 296 g/mol. The van der Waals surface area contributed by atoms with E-state index >= 15 is 0 Å². The third kappa shape index (κ3) is 5.47. The zero-order chi connectivity index (χ0) is 14.9. The summed E-state index contributed by atoms with van der Waals surface area (Å²) in [5.74, 6) is 0.940. The molecule has 5 heteroatoms. The van der Waals surface area contributed by atoms with Gasteiger partial charge in [0.15, 0.2) is 5.96 Å². The highest BCUT2D eigenvalue weighted by atomic mass is 16.5. The van der Waals surface area contributed by atoms with Gasteiger partial charge in [-0.1, -0.05) is 12.8 Å². The summed E-state index contributed by atoms with van der Waals surface area (Å²) in [6.45, 7) is 9.62. The summed E-state index contributed by atoms with van der Waals surface area (Å²) in [4.78, 5) is 7.26. The van der Waals surface area contributed by atoms with Gasteiger partial charge in [-0.3, -0.25) is 9.89 Å². The molecule has 1 aliphatic carbocycles. The maximum atomic E-state index is 5.35. The Morgan fingerprint density at radius 1 is 1.24 bits per heavy atom. The Balaban J connectivity index is 1.75. The second kappa shape index (κ2) is 9.26. The maximum Gasteiger partial charge on any atom is 0.191 e. The van der Waals surface area contributed by atoms with Crippen molar-refractivity contribution in [3.05, 3.63) is 0 Å². The van der Waals surface area contributed by atoms with Crippen LogP contribution in [-0.4, -0.2) is 62.3 Å². The fourth-order valence-electron chi connectivity index (χ4n) is 3.39. The van der Waals surface area contributed by atoms with Crippen LogP contribution in [0, 0.1) is 0 Å². The smallest absolute Gasteiger partial charge is 0.191 e. The number of likely N-dealkylation sites (tertiary alicyclic amines) is 1. The van der Waals surface area contributed by atoms with Crippen molar-refractivity contribution in [1.29, 1.82) is 0 Å². The van der Waals surface area contributed by atoms with Crippen molar-refractivity contribution in [3.63, 3.8) is 0 Å². The number of guanidine groups is 1. The number of nitrogens with zero attached hydrogens (tertiary/aromatic N) is 2. The second-order valence-electron chi connectivity index (χ2n) is 6.02. The Bertz CT molecular complexity index is 315. The van der Waals surface area contributed by atoms with Crippen molar-refractivity contribution >= 4 is 5.96 Å². The molecule has 1 aliphatic heterocycles. The van der Waals surface area contributed by atoms with E-state index in [0.717, 1.165) is 31.7 Å². The molecule has 0 spiro atoms. The molecule has 5 nitrogen and oxygen atoms in total. The lowest BCUT2D eigenvalue weighted by Gasteiger charge is -2.24. The van der Waals surface area contributed by atoms with Gasteiger partial charge in [0.2, 0.25) is 0 Å². The standard InChI is InChI=1S/C16H32N4O/c1-3-17-16(18-10-12-21-4-2)19-14-9-11-20(13-14)15-7-5-6-8-15/h14-15H,3-13H2,1-2H3,(H2,17,18,19). The Morgan fingerprint density at radius 2 is 2.05 bits per heavy atom. The van der Waals surface area contributed by atoms with Gasteiger partial charge in [0.05, 0.1) is 13.2 Å². The van der Waals surface area contributed by atoms with Crippen molar-refractivity contribution in [2.24, 2.45) is 4.99 Å². The molecule has 0 radical (unpaired) electrons. The predicted molar refractivity (Wildman–Crippen MR) is 87.8 cm³/mol. The fourth-order valence-corrected chi connectivity index (χ4v) is 3.39. The third-order valence-corrected chi connectivity index (χ3v) is 4.46. The van der Waals surface area contributed by atoms with Crippen molar-refractivity contribution < 1.29 is 4.74 Å². The maximum absolute atomic E-state index is 5.35. The van der Waals surface area contributed by atoms with Crippen LogP contribution in [0.15, 0.2) is 4.99 Å². The molecule has 2 aliphatic rings. The number of hydrogen-bond acceptors (Lipinski definition) is 3. The van der Waals surface area contributed by atoms with E-state index in [1.165, 1.54) is 45.2 Å². The number of hydrogen-bond donors (Lipinski definition) is 2. The van der Waals surface area contributed by atoms with E-state index in [9.17, 15) is 0 Å². The van der Waals surface area contributed by atoms with Gasteiger partial charge in [-0.2, -0.15) is 0 Å². The summed E-state index contributed by atoms with van der Waals surface area (Å²) in [7, 11) is 0. The molecule has 0 amide bonds. The van der Waals surface area contributed by atoms with E-state index in [-0.39, 0.29) is 0 Å². The first-order valence-electron chi connectivity index (χ1n) is 8.70. The molecule has 122 valence electrons. The molecule has 1 heterocycles. The van der Waals surface area contributed by atoms with Crippen LogP contribution in [0.4, 0.5) is 0 Å². The van der Waals surface area contributed by atoms with Gasteiger partial charge >= 0.3 is 0 Å². The van der Waals surface area contributed by atoms with Crippen molar-refractivity contribution in [3.8, 4) is 0 Å². The van der Waals surface area contributed by atoms with Gasteiger partial charge in [-0.25, -0.2) is 0 Å². The zero-order valence-electron chi connectivity index (χ0n) is 13.7. The van der Waals surface area contributed by atoms with Crippen LogP contribution in [0.2, 0.25) is 0 Å². The molecule has 1 saturated heterocycles. The number of aliphatic imine (C=N–C) groups is 1. The summed E-state index contributed by atoms with van der Waals surface area (Å²) < 4.78 is 5.35. The minimum atomic E-state index is 0.537. The molecule has 0 aromatic carbocycles. The molecule has 1 atom stereocenters. The monoisotopic (exact) mass is 296 g/mol. The number of nitrogens with one attached hydrogen (secondary N) is 2. The minimum absolute atomic E-state index is 0.537.